The van der Waals surface area contributed by atoms with Crippen molar-refractivity contribution >= 4 is 39.2 Å². The molecule has 0 unspecified atom stereocenters. The second kappa shape index (κ2) is 6.64. The summed E-state index contributed by atoms with van der Waals surface area (Å²) in [6, 6.07) is 6.01. The summed E-state index contributed by atoms with van der Waals surface area (Å²) in [4.78, 5) is 4.36. The van der Waals surface area contributed by atoms with Gasteiger partial charge in [-0.2, -0.15) is 4.37 Å². The van der Waals surface area contributed by atoms with Crippen LogP contribution in [0.3, 0.4) is 0 Å². The third-order valence-electron chi connectivity index (χ3n) is 3.45. The number of anilines is 1. The van der Waals surface area contributed by atoms with Gasteiger partial charge in [-0.3, -0.25) is 0 Å². The lowest BCUT2D eigenvalue weighted by molar-refractivity contribution is 0.179. The van der Waals surface area contributed by atoms with Crippen LogP contribution in [0.25, 0.3) is 10.9 Å². The molecule has 0 atom stereocenters. The highest BCUT2D eigenvalue weighted by molar-refractivity contribution is 7.09. The number of aryl methyl sites for hydroxylation is 1. The summed E-state index contributed by atoms with van der Waals surface area (Å²) in [5.74, 6) is 0.717. The Kier molecular flexibility index (Phi) is 4.61. The highest BCUT2D eigenvalue weighted by Crippen LogP contribution is 2.24. The Hall–Kier alpha value is -1.63. The lowest BCUT2D eigenvalue weighted by Gasteiger charge is -2.01. The fourth-order valence-electron chi connectivity index (χ4n) is 2.46. The first-order valence-corrected chi connectivity index (χ1v) is 8.11. The third-order valence-corrected chi connectivity index (χ3v) is 4.39. The van der Waals surface area contributed by atoms with Crippen molar-refractivity contribution in [2.75, 3.05) is 19.0 Å². The first kappa shape index (κ1) is 15.3. The highest BCUT2D eigenvalue weighted by atomic mass is 35.5. The van der Waals surface area contributed by atoms with Gasteiger partial charge in [-0.25, -0.2) is 4.98 Å². The Morgan fingerprint density at radius 2 is 2.27 bits per heavy atom. The second-order valence-electron chi connectivity index (χ2n) is 5.05. The summed E-state index contributed by atoms with van der Waals surface area (Å²) >= 11 is 7.42. The number of benzene rings is 1. The molecule has 1 N–H and O–H groups in total. The number of aromatic nitrogens is 3. The maximum atomic E-state index is 6.06. The van der Waals surface area contributed by atoms with Crippen molar-refractivity contribution in [1.29, 1.82) is 0 Å². The molecule has 5 nitrogen and oxygen atoms in total. The SMILES string of the molecule is COCc1nsc(NCCc2cn(C)c3cc(Cl)ccc23)n1. The van der Waals surface area contributed by atoms with Crippen LogP contribution in [0.15, 0.2) is 24.4 Å². The van der Waals surface area contributed by atoms with Gasteiger partial charge in [0.1, 0.15) is 6.61 Å². The molecule has 3 rings (SSSR count). The van der Waals surface area contributed by atoms with E-state index in [4.69, 9.17) is 16.3 Å². The van der Waals surface area contributed by atoms with E-state index >= 15 is 0 Å². The van der Waals surface area contributed by atoms with Crippen LogP contribution in [0.1, 0.15) is 11.4 Å². The van der Waals surface area contributed by atoms with Crippen molar-refractivity contribution < 1.29 is 4.74 Å². The second-order valence-corrected chi connectivity index (χ2v) is 6.24. The van der Waals surface area contributed by atoms with Crippen LogP contribution in [-0.2, 0) is 24.8 Å². The molecule has 3 aromatic rings. The van der Waals surface area contributed by atoms with E-state index in [0.717, 1.165) is 34.5 Å². The Balaban J connectivity index is 1.66. The van der Waals surface area contributed by atoms with Gasteiger partial charge in [0.2, 0.25) is 5.13 Å². The predicted octanol–water partition coefficient (Wildman–Crippen LogP) is 3.48. The molecule has 116 valence electrons. The lowest BCUT2D eigenvalue weighted by Crippen LogP contribution is -2.04. The molecule has 0 aliphatic carbocycles. The largest absolute Gasteiger partial charge is 0.377 e. The monoisotopic (exact) mass is 336 g/mol. The van der Waals surface area contributed by atoms with E-state index in [1.807, 2.05) is 19.2 Å². The molecule has 2 heterocycles. The number of rotatable bonds is 6. The Labute approximate surface area is 138 Å². The molecule has 0 aliphatic rings. The molecule has 0 saturated carbocycles. The summed E-state index contributed by atoms with van der Waals surface area (Å²) < 4.78 is 11.3. The van der Waals surface area contributed by atoms with Crippen LogP contribution in [0.5, 0.6) is 0 Å². The Morgan fingerprint density at radius 3 is 3.09 bits per heavy atom. The van der Waals surface area contributed by atoms with Gasteiger partial charge in [0.25, 0.3) is 0 Å². The number of nitrogens with one attached hydrogen (secondary N) is 1. The number of nitrogens with zero attached hydrogens (tertiary/aromatic N) is 3. The van der Waals surface area contributed by atoms with Gasteiger partial charge in [0.05, 0.1) is 0 Å². The minimum absolute atomic E-state index is 0.447. The van der Waals surface area contributed by atoms with Gasteiger partial charge in [-0.1, -0.05) is 17.7 Å². The summed E-state index contributed by atoms with van der Waals surface area (Å²) in [5.41, 5.74) is 2.45. The zero-order chi connectivity index (χ0) is 15.5. The van der Waals surface area contributed by atoms with Gasteiger partial charge >= 0.3 is 0 Å². The summed E-state index contributed by atoms with van der Waals surface area (Å²) in [6.45, 7) is 1.26. The number of halogens is 1. The van der Waals surface area contributed by atoms with Crippen molar-refractivity contribution in [2.24, 2.45) is 7.05 Å². The van der Waals surface area contributed by atoms with E-state index < -0.39 is 0 Å². The number of methoxy groups -OCH3 is 1. The summed E-state index contributed by atoms with van der Waals surface area (Å²) in [7, 11) is 3.68. The van der Waals surface area contributed by atoms with E-state index in [1.54, 1.807) is 7.11 Å². The standard InChI is InChI=1S/C15H17ClN4OS/c1-20-8-10(12-4-3-11(16)7-13(12)20)5-6-17-15-18-14(9-21-2)19-22-15/h3-4,7-8H,5-6,9H2,1-2H3,(H,17,18,19). The van der Waals surface area contributed by atoms with Crippen molar-refractivity contribution in [3.8, 4) is 0 Å². The van der Waals surface area contributed by atoms with Crippen molar-refractivity contribution in [2.45, 2.75) is 13.0 Å². The van der Waals surface area contributed by atoms with Gasteiger partial charge in [0.15, 0.2) is 5.82 Å². The average molecular weight is 337 g/mol. The van der Waals surface area contributed by atoms with E-state index in [0.29, 0.717) is 6.61 Å². The molecule has 0 radical (unpaired) electrons. The van der Waals surface area contributed by atoms with Gasteiger partial charge < -0.3 is 14.6 Å². The first-order valence-electron chi connectivity index (χ1n) is 6.96. The molecule has 0 saturated heterocycles. The van der Waals surface area contributed by atoms with Crippen molar-refractivity contribution in [3.05, 3.63) is 40.8 Å². The normalized spacial score (nSPS) is 11.2. The number of hydrogen-bond donors (Lipinski definition) is 1. The highest BCUT2D eigenvalue weighted by Gasteiger charge is 2.08. The average Bonchev–Trinajstić information content (AvgIpc) is 3.05. The molecule has 22 heavy (non-hydrogen) atoms. The molecule has 0 spiro atoms. The van der Waals surface area contributed by atoms with E-state index in [2.05, 4.69) is 31.5 Å². The molecular formula is C15H17ClN4OS. The van der Waals surface area contributed by atoms with Crippen molar-refractivity contribution in [1.82, 2.24) is 13.9 Å². The minimum Gasteiger partial charge on any atom is -0.377 e. The molecule has 0 fully saturated rings. The minimum atomic E-state index is 0.447. The van der Waals surface area contributed by atoms with Crippen LogP contribution in [0.2, 0.25) is 5.02 Å². The van der Waals surface area contributed by atoms with Crippen LogP contribution in [0.4, 0.5) is 5.13 Å². The molecule has 7 heteroatoms. The first-order chi connectivity index (χ1) is 10.7. The fourth-order valence-corrected chi connectivity index (χ4v) is 3.22. The van der Waals surface area contributed by atoms with Crippen molar-refractivity contribution in [3.63, 3.8) is 0 Å². The predicted molar refractivity (Wildman–Crippen MR) is 90.7 cm³/mol. The van der Waals surface area contributed by atoms with Gasteiger partial charge in [-0.05, 0) is 24.1 Å². The third kappa shape index (κ3) is 3.24. The molecule has 0 bridgehead atoms. The lowest BCUT2D eigenvalue weighted by atomic mass is 10.1. The van der Waals surface area contributed by atoms with Gasteiger partial charge in [0, 0.05) is 54.4 Å². The summed E-state index contributed by atoms with van der Waals surface area (Å²) in [5, 5.41) is 6.14. The van der Waals surface area contributed by atoms with Crippen LogP contribution < -0.4 is 5.32 Å². The Morgan fingerprint density at radius 1 is 1.41 bits per heavy atom. The number of hydrogen-bond acceptors (Lipinski definition) is 5. The zero-order valence-corrected chi connectivity index (χ0v) is 14.0. The molecular weight excluding hydrogens is 320 g/mol. The van der Waals surface area contributed by atoms with E-state index in [1.165, 1.54) is 22.5 Å². The Bertz CT molecular complexity index is 783. The zero-order valence-electron chi connectivity index (χ0n) is 12.5. The number of fused-ring (bicyclic) bond motifs is 1. The maximum absolute atomic E-state index is 6.06. The molecule has 0 aliphatic heterocycles. The summed E-state index contributed by atoms with van der Waals surface area (Å²) in [6.07, 6.45) is 3.07. The van der Waals surface area contributed by atoms with E-state index in [-0.39, 0.29) is 0 Å². The van der Waals surface area contributed by atoms with Gasteiger partial charge in [-0.15, -0.1) is 0 Å². The smallest absolute Gasteiger partial charge is 0.202 e. The fraction of sp³-hybridized carbons (Fsp3) is 0.333. The van der Waals surface area contributed by atoms with E-state index in [9.17, 15) is 0 Å². The van der Waals surface area contributed by atoms with Crippen LogP contribution in [0, 0.1) is 0 Å². The molecule has 1 aromatic carbocycles. The number of ether oxygens (including phenoxy) is 1. The topological polar surface area (TPSA) is 52.0 Å². The molecule has 2 aromatic heterocycles. The van der Waals surface area contributed by atoms with Crippen LogP contribution >= 0.6 is 23.1 Å². The molecule has 0 amide bonds. The quantitative estimate of drug-likeness (QED) is 0.748. The van der Waals surface area contributed by atoms with Crippen LogP contribution in [-0.4, -0.2) is 27.6 Å². The maximum Gasteiger partial charge on any atom is 0.202 e.